The largest absolute Gasteiger partial charge is 0.507 e. The zero-order valence-electron chi connectivity index (χ0n) is 10.8. The van der Waals surface area contributed by atoms with E-state index in [0.717, 1.165) is 0 Å². The number of methoxy groups -OCH3 is 1. The molecule has 2 N–H and O–H groups in total. The zero-order chi connectivity index (χ0) is 14.0. The van der Waals surface area contributed by atoms with Crippen molar-refractivity contribution in [1.82, 2.24) is 10.2 Å². The Bertz CT molecular complexity index is 515. The molecule has 1 heterocycles. The van der Waals surface area contributed by atoms with Gasteiger partial charge in [0.05, 0.1) is 12.7 Å². The minimum absolute atomic E-state index is 0.150. The number of aromatic hydroxyl groups is 1. The molecule has 1 aliphatic rings. The van der Waals surface area contributed by atoms with E-state index >= 15 is 0 Å². The molecule has 1 aliphatic heterocycles. The Kier molecular flexibility index (Phi) is 3.59. The van der Waals surface area contributed by atoms with Crippen LogP contribution in [-0.2, 0) is 4.79 Å². The first-order chi connectivity index (χ1) is 9.04. The lowest BCUT2D eigenvalue weighted by Gasteiger charge is -2.33. The first kappa shape index (κ1) is 13.2. The summed E-state index contributed by atoms with van der Waals surface area (Å²) in [5, 5.41) is 12.5. The van der Waals surface area contributed by atoms with Gasteiger partial charge in [0.2, 0.25) is 5.91 Å². The smallest absolute Gasteiger partial charge is 0.258 e. The van der Waals surface area contributed by atoms with Crippen molar-refractivity contribution in [2.45, 2.75) is 13.0 Å². The third kappa shape index (κ3) is 2.47. The highest BCUT2D eigenvalue weighted by atomic mass is 16.5. The molecular weight excluding hydrogens is 248 g/mol. The van der Waals surface area contributed by atoms with Crippen molar-refractivity contribution >= 4 is 11.8 Å². The van der Waals surface area contributed by atoms with Crippen molar-refractivity contribution in [2.24, 2.45) is 0 Å². The maximum absolute atomic E-state index is 12.3. The highest BCUT2D eigenvalue weighted by Crippen LogP contribution is 2.25. The summed E-state index contributed by atoms with van der Waals surface area (Å²) >= 11 is 0. The molecule has 1 aromatic rings. The normalized spacial score (nSPS) is 18.9. The van der Waals surface area contributed by atoms with Crippen LogP contribution >= 0.6 is 0 Å². The third-order valence-electron chi connectivity index (χ3n) is 3.20. The first-order valence-corrected chi connectivity index (χ1v) is 6.00. The van der Waals surface area contributed by atoms with E-state index < -0.39 is 6.04 Å². The summed E-state index contributed by atoms with van der Waals surface area (Å²) in [6.07, 6.45) is 0. The molecule has 1 unspecified atom stereocenters. The van der Waals surface area contributed by atoms with Crippen LogP contribution in [0.3, 0.4) is 0 Å². The lowest BCUT2D eigenvalue weighted by Crippen LogP contribution is -2.55. The van der Waals surface area contributed by atoms with Gasteiger partial charge in [-0.05, 0) is 19.1 Å². The average molecular weight is 264 g/mol. The number of ether oxygens (including phenoxy) is 1. The Labute approximate surface area is 111 Å². The molecular formula is C13H16N2O4. The topological polar surface area (TPSA) is 78.9 Å². The molecule has 2 rings (SSSR count). The summed E-state index contributed by atoms with van der Waals surface area (Å²) in [7, 11) is 1.48. The molecule has 6 heteroatoms. The fourth-order valence-corrected chi connectivity index (χ4v) is 2.03. The number of carbonyl (C=O) groups is 2. The van der Waals surface area contributed by atoms with E-state index in [0.29, 0.717) is 18.8 Å². The quantitative estimate of drug-likeness (QED) is 0.808. The molecule has 0 aromatic heterocycles. The van der Waals surface area contributed by atoms with Gasteiger partial charge in [0, 0.05) is 19.2 Å². The summed E-state index contributed by atoms with van der Waals surface area (Å²) in [4.78, 5) is 25.3. The lowest BCUT2D eigenvalue weighted by atomic mass is 10.1. The van der Waals surface area contributed by atoms with Gasteiger partial charge in [-0.2, -0.15) is 0 Å². The standard InChI is InChI=1S/C13H16N2O4/c1-8-12(17)14-5-6-15(8)13(18)10-4-3-9(19-2)7-11(10)16/h3-4,7-8,16H,5-6H2,1-2H3,(H,14,17). The summed E-state index contributed by atoms with van der Waals surface area (Å²) < 4.78 is 4.96. The number of piperazine rings is 1. The van der Waals surface area contributed by atoms with Crippen LogP contribution < -0.4 is 10.1 Å². The number of nitrogens with zero attached hydrogens (tertiary/aromatic N) is 1. The number of benzene rings is 1. The Balaban J connectivity index is 2.26. The fraction of sp³-hybridized carbons (Fsp3) is 0.385. The van der Waals surface area contributed by atoms with Crippen molar-refractivity contribution in [3.63, 3.8) is 0 Å². The monoisotopic (exact) mass is 264 g/mol. The van der Waals surface area contributed by atoms with E-state index in [1.807, 2.05) is 0 Å². The zero-order valence-corrected chi connectivity index (χ0v) is 10.8. The van der Waals surface area contributed by atoms with Crippen LogP contribution in [0.1, 0.15) is 17.3 Å². The molecule has 102 valence electrons. The summed E-state index contributed by atoms with van der Waals surface area (Å²) in [5.74, 6) is -0.226. The number of hydrogen-bond acceptors (Lipinski definition) is 4. The summed E-state index contributed by atoms with van der Waals surface area (Å²) in [6, 6.07) is 3.93. The van der Waals surface area contributed by atoms with E-state index in [9.17, 15) is 14.7 Å². The number of amides is 2. The fourth-order valence-electron chi connectivity index (χ4n) is 2.03. The van der Waals surface area contributed by atoms with Crippen LogP contribution in [0.5, 0.6) is 11.5 Å². The predicted octanol–water partition coefficient (Wildman–Crippen LogP) is 0.361. The summed E-state index contributed by atoms with van der Waals surface area (Å²) in [6.45, 7) is 2.51. The molecule has 1 saturated heterocycles. The highest BCUT2D eigenvalue weighted by molar-refractivity contribution is 6.00. The molecule has 0 radical (unpaired) electrons. The molecule has 0 aliphatic carbocycles. The SMILES string of the molecule is COc1ccc(C(=O)N2CCNC(=O)C2C)c(O)c1. The van der Waals surface area contributed by atoms with Gasteiger partial charge in [0.15, 0.2) is 0 Å². The molecule has 0 spiro atoms. The van der Waals surface area contributed by atoms with Crippen LogP contribution in [0.25, 0.3) is 0 Å². The Morgan fingerprint density at radius 1 is 1.53 bits per heavy atom. The van der Waals surface area contributed by atoms with E-state index in [1.54, 1.807) is 13.0 Å². The minimum atomic E-state index is -0.539. The molecule has 2 amide bonds. The highest BCUT2D eigenvalue weighted by Gasteiger charge is 2.30. The maximum Gasteiger partial charge on any atom is 0.258 e. The second-order valence-electron chi connectivity index (χ2n) is 4.35. The molecule has 0 bridgehead atoms. The minimum Gasteiger partial charge on any atom is -0.507 e. The molecule has 1 atom stereocenters. The predicted molar refractivity (Wildman–Crippen MR) is 68.2 cm³/mol. The van der Waals surface area contributed by atoms with Crippen molar-refractivity contribution in [3.05, 3.63) is 23.8 Å². The van der Waals surface area contributed by atoms with Crippen LogP contribution in [0.4, 0.5) is 0 Å². The van der Waals surface area contributed by atoms with Crippen molar-refractivity contribution in [3.8, 4) is 11.5 Å². The van der Waals surface area contributed by atoms with E-state index in [2.05, 4.69) is 5.32 Å². The van der Waals surface area contributed by atoms with Gasteiger partial charge in [0.1, 0.15) is 17.5 Å². The number of phenols is 1. The van der Waals surface area contributed by atoms with Crippen molar-refractivity contribution in [1.29, 1.82) is 0 Å². The van der Waals surface area contributed by atoms with E-state index in [1.165, 1.54) is 24.1 Å². The summed E-state index contributed by atoms with van der Waals surface area (Å²) in [5.41, 5.74) is 0.169. The second kappa shape index (κ2) is 5.17. The van der Waals surface area contributed by atoms with Crippen LogP contribution in [-0.4, -0.2) is 48.1 Å². The number of hydrogen-bond donors (Lipinski definition) is 2. The molecule has 19 heavy (non-hydrogen) atoms. The van der Waals surface area contributed by atoms with Crippen molar-refractivity contribution < 1.29 is 19.4 Å². The molecule has 0 saturated carbocycles. The van der Waals surface area contributed by atoms with Gasteiger partial charge < -0.3 is 20.1 Å². The van der Waals surface area contributed by atoms with Crippen LogP contribution in [0, 0.1) is 0 Å². The molecule has 1 aromatic carbocycles. The number of carbonyl (C=O) groups excluding carboxylic acids is 2. The van der Waals surface area contributed by atoms with Gasteiger partial charge in [-0.3, -0.25) is 9.59 Å². The van der Waals surface area contributed by atoms with Gasteiger partial charge >= 0.3 is 0 Å². The van der Waals surface area contributed by atoms with Crippen LogP contribution in [0.15, 0.2) is 18.2 Å². The van der Waals surface area contributed by atoms with Gasteiger partial charge in [-0.15, -0.1) is 0 Å². The number of rotatable bonds is 2. The van der Waals surface area contributed by atoms with Gasteiger partial charge in [-0.1, -0.05) is 0 Å². The van der Waals surface area contributed by atoms with E-state index in [-0.39, 0.29) is 23.1 Å². The second-order valence-corrected chi connectivity index (χ2v) is 4.35. The average Bonchev–Trinajstić information content (AvgIpc) is 2.41. The maximum atomic E-state index is 12.3. The Morgan fingerprint density at radius 3 is 2.89 bits per heavy atom. The van der Waals surface area contributed by atoms with Gasteiger partial charge in [0.25, 0.3) is 5.91 Å². The third-order valence-corrected chi connectivity index (χ3v) is 3.20. The van der Waals surface area contributed by atoms with Crippen molar-refractivity contribution in [2.75, 3.05) is 20.2 Å². The van der Waals surface area contributed by atoms with Gasteiger partial charge in [-0.25, -0.2) is 0 Å². The lowest BCUT2D eigenvalue weighted by molar-refractivity contribution is -0.127. The number of nitrogens with one attached hydrogen (secondary N) is 1. The Hall–Kier alpha value is -2.24. The first-order valence-electron chi connectivity index (χ1n) is 6.00. The molecule has 6 nitrogen and oxygen atoms in total. The van der Waals surface area contributed by atoms with E-state index in [4.69, 9.17) is 4.74 Å². The Morgan fingerprint density at radius 2 is 2.26 bits per heavy atom. The number of phenolic OH excluding ortho intramolecular Hbond substituents is 1. The van der Waals surface area contributed by atoms with Crippen LogP contribution in [0.2, 0.25) is 0 Å². The molecule has 1 fully saturated rings.